The zero-order valence-corrected chi connectivity index (χ0v) is 17.1. The molecular weight excluding hydrogens is 409 g/mol. The second kappa shape index (κ2) is 8.22. The lowest BCUT2D eigenvalue weighted by Crippen LogP contribution is -2.41. The molecule has 3 heterocycles. The summed E-state index contributed by atoms with van der Waals surface area (Å²) >= 11 is 6.02. The van der Waals surface area contributed by atoms with Crippen molar-refractivity contribution in [3.05, 3.63) is 39.9 Å². The van der Waals surface area contributed by atoms with Gasteiger partial charge in [-0.2, -0.15) is 13.2 Å². The Balaban J connectivity index is 1.60. The van der Waals surface area contributed by atoms with E-state index in [2.05, 4.69) is 15.5 Å². The summed E-state index contributed by atoms with van der Waals surface area (Å²) in [7, 11) is 0. The highest BCUT2D eigenvalue weighted by Crippen LogP contribution is 2.34. The van der Waals surface area contributed by atoms with Crippen molar-refractivity contribution >= 4 is 23.3 Å². The number of alkyl halides is 3. The van der Waals surface area contributed by atoms with E-state index in [1.54, 1.807) is 6.92 Å². The lowest BCUT2D eigenvalue weighted by molar-refractivity contribution is -0.137. The molecular formula is C19H22ClF3N4O2. The number of rotatable bonds is 4. The van der Waals surface area contributed by atoms with Crippen LogP contribution in [0.15, 0.2) is 16.8 Å². The highest BCUT2D eigenvalue weighted by Gasteiger charge is 2.33. The van der Waals surface area contributed by atoms with Gasteiger partial charge in [-0.15, -0.1) is 0 Å². The van der Waals surface area contributed by atoms with E-state index in [-0.39, 0.29) is 22.9 Å². The SMILES string of the molecule is Cc1noc(C)c1C(C)NC(=O)C1CCN(c2ncc(C(F)(F)F)cc2Cl)CC1. The Kier molecular flexibility index (Phi) is 6.07. The smallest absolute Gasteiger partial charge is 0.361 e. The van der Waals surface area contributed by atoms with Crippen molar-refractivity contribution in [1.82, 2.24) is 15.5 Å². The number of amides is 1. The number of anilines is 1. The number of carbonyl (C=O) groups is 1. The average molecular weight is 431 g/mol. The summed E-state index contributed by atoms with van der Waals surface area (Å²) in [5.41, 5.74) is 0.735. The number of nitrogens with one attached hydrogen (secondary N) is 1. The first-order valence-corrected chi connectivity index (χ1v) is 9.66. The van der Waals surface area contributed by atoms with Gasteiger partial charge in [0.2, 0.25) is 5.91 Å². The van der Waals surface area contributed by atoms with Gasteiger partial charge in [0.1, 0.15) is 11.6 Å². The summed E-state index contributed by atoms with van der Waals surface area (Å²) in [6, 6.07) is 0.659. The van der Waals surface area contributed by atoms with Crippen LogP contribution in [-0.4, -0.2) is 29.1 Å². The molecule has 2 aromatic rings. The summed E-state index contributed by atoms with van der Waals surface area (Å²) < 4.78 is 43.5. The van der Waals surface area contributed by atoms with Crippen LogP contribution in [0.1, 0.15) is 48.4 Å². The van der Waals surface area contributed by atoms with Crippen molar-refractivity contribution in [2.45, 2.75) is 45.8 Å². The summed E-state index contributed by atoms with van der Waals surface area (Å²) in [4.78, 5) is 18.3. The Morgan fingerprint density at radius 3 is 2.52 bits per heavy atom. The monoisotopic (exact) mass is 430 g/mol. The Morgan fingerprint density at radius 1 is 1.34 bits per heavy atom. The molecule has 0 saturated carbocycles. The van der Waals surface area contributed by atoms with E-state index in [1.165, 1.54) is 0 Å². The first kappa shape index (κ1) is 21.4. The van der Waals surface area contributed by atoms with Crippen LogP contribution in [0.3, 0.4) is 0 Å². The minimum absolute atomic E-state index is 0.0465. The van der Waals surface area contributed by atoms with Crippen molar-refractivity contribution in [2.24, 2.45) is 5.92 Å². The predicted octanol–water partition coefficient (Wildman–Crippen LogP) is 4.45. The van der Waals surface area contributed by atoms with Crippen LogP contribution in [0.2, 0.25) is 5.02 Å². The Hall–Kier alpha value is -2.29. The number of carbonyl (C=O) groups excluding carboxylic acids is 1. The second-order valence-corrected chi connectivity index (χ2v) is 7.66. The standard InChI is InChI=1S/C19H22ClF3N4O2/c1-10(16-11(2)26-29-12(16)3)25-18(28)13-4-6-27(7-5-13)17-15(20)8-14(9-24-17)19(21,22)23/h8-10,13H,4-7H2,1-3H3,(H,25,28). The van der Waals surface area contributed by atoms with E-state index in [0.29, 0.717) is 37.5 Å². The maximum Gasteiger partial charge on any atom is 0.417 e. The summed E-state index contributed by atoms with van der Waals surface area (Å²) in [5, 5.41) is 6.86. The average Bonchev–Trinajstić information content (AvgIpc) is 2.99. The Bertz CT molecular complexity index is 873. The number of hydrogen-bond acceptors (Lipinski definition) is 5. The van der Waals surface area contributed by atoms with Gasteiger partial charge in [-0.3, -0.25) is 4.79 Å². The third kappa shape index (κ3) is 4.66. The fourth-order valence-corrected chi connectivity index (χ4v) is 3.97. The molecule has 1 unspecified atom stereocenters. The van der Waals surface area contributed by atoms with Gasteiger partial charge in [0.15, 0.2) is 0 Å². The lowest BCUT2D eigenvalue weighted by atomic mass is 9.95. The number of halogens is 4. The van der Waals surface area contributed by atoms with Gasteiger partial charge in [0.05, 0.1) is 22.3 Å². The minimum atomic E-state index is -4.49. The van der Waals surface area contributed by atoms with E-state index in [4.69, 9.17) is 16.1 Å². The van der Waals surface area contributed by atoms with Crippen molar-refractivity contribution < 1.29 is 22.5 Å². The fourth-order valence-electron chi connectivity index (χ4n) is 3.68. The van der Waals surface area contributed by atoms with Gasteiger partial charge < -0.3 is 14.7 Å². The van der Waals surface area contributed by atoms with Gasteiger partial charge in [-0.25, -0.2) is 4.98 Å². The molecule has 158 valence electrons. The van der Waals surface area contributed by atoms with Crippen LogP contribution < -0.4 is 10.2 Å². The van der Waals surface area contributed by atoms with Crippen molar-refractivity contribution in [2.75, 3.05) is 18.0 Å². The third-order valence-electron chi connectivity index (χ3n) is 5.19. The van der Waals surface area contributed by atoms with Crippen LogP contribution in [-0.2, 0) is 11.0 Å². The molecule has 0 radical (unpaired) electrons. The molecule has 1 aliphatic heterocycles. The second-order valence-electron chi connectivity index (χ2n) is 7.26. The van der Waals surface area contributed by atoms with E-state index in [9.17, 15) is 18.0 Å². The normalized spacial score (nSPS) is 16.7. The maximum absolute atomic E-state index is 12.8. The third-order valence-corrected chi connectivity index (χ3v) is 5.47. The van der Waals surface area contributed by atoms with Gasteiger partial charge in [0, 0.05) is 30.8 Å². The number of aromatic nitrogens is 2. The predicted molar refractivity (Wildman–Crippen MR) is 102 cm³/mol. The van der Waals surface area contributed by atoms with Crippen LogP contribution in [0.5, 0.6) is 0 Å². The van der Waals surface area contributed by atoms with E-state index in [1.807, 2.05) is 18.7 Å². The van der Waals surface area contributed by atoms with E-state index < -0.39 is 11.7 Å². The van der Waals surface area contributed by atoms with Gasteiger partial charge >= 0.3 is 6.18 Å². The van der Waals surface area contributed by atoms with Crippen LogP contribution in [0, 0.1) is 19.8 Å². The van der Waals surface area contributed by atoms with Crippen LogP contribution in [0.25, 0.3) is 0 Å². The molecule has 1 aliphatic rings. The minimum Gasteiger partial charge on any atom is -0.361 e. The highest BCUT2D eigenvalue weighted by molar-refractivity contribution is 6.33. The van der Waals surface area contributed by atoms with E-state index in [0.717, 1.165) is 23.5 Å². The molecule has 2 aromatic heterocycles. The molecule has 1 atom stereocenters. The molecule has 29 heavy (non-hydrogen) atoms. The largest absolute Gasteiger partial charge is 0.417 e. The van der Waals surface area contributed by atoms with Gasteiger partial charge in [-0.05, 0) is 39.7 Å². The topological polar surface area (TPSA) is 71.3 Å². The molecule has 0 aliphatic carbocycles. The molecule has 0 aromatic carbocycles. The summed E-state index contributed by atoms with van der Waals surface area (Å²) in [5.74, 6) is 0.724. The molecule has 6 nitrogen and oxygen atoms in total. The molecule has 0 bridgehead atoms. The highest BCUT2D eigenvalue weighted by atomic mass is 35.5. The van der Waals surface area contributed by atoms with Crippen LogP contribution in [0.4, 0.5) is 19.0 Å². The molecule has 1 amide bonds. The number of aryl methyl sites for hydroxylation is 2. The fraction of sp³-hybridized carbons (Fsp3) is 0.526. The van der Waals surface area contributed by atoms with Crippen LogP contribution >= 0.6 is 11.6 Å². The molecule has 1 saturated heterocycles. The number of nitrogens with zero attached hydrogens (tertiary/aromatic N) is 3. The number of pyridine rings is 1. The zero-order valence-electron chi connectivity index (χ0n) is 16.3. The molecule has 0 spiro atoms. The molecule has 1 fully saturated rings. The first-order chi connectivity index (χ1) is 13.6. The van der Waals surface area contributed by atoms with Crippen molar-refractivity contribution in [3.8, 4) is 0 Å². The summed E-state index contributed by atoms with van der Waals surface area (Å²) in [6.07, 6.45) is -2.60. The van der Waals surface area contributed by atoms with Gasteiger partial charge in [0.25, 0.3) is 0 Å². The Morgan fingerprint density at radius 2 is 2.00 bits per heavy atom. The number of piperidine rings is 1. The Labute approximate surface area is 171 Å². The summed E-state index contributed by atoms with van der Waals surface area (Å²) in [6.45, 7) is 6.47. The lowest BCUT2D eigenvalue weighted by Gasteiger charge is -2.33. The van der Waals surface area contributed by atoms with E-state index >= 15 is 0 Å². The molecule has 1 N–H and O–H groups in total. The maximum atomic E-state index is 12.8. The number of hydrogen-bond donors (Lipinski definition) is 1. The van der Waals surface area contributed by atoms with Crippen molar-refractivity contribution in [1.29, 1.82) is 0 Å². The van der Waals surface area contributed by atoms with Crippen molar-refractivity contribution in [3.63, 3.8) is 0 Å². The van der Waals surface area contributed by atoms with Gasteiger partial charge in [-0.1, -0.05) is 16.8 Å². The molecule has 3 rings (SSSR count). The first-order valence-electron chi connectivity index (χ1n) is 9.28. The zero-order chi connectivity index (χ0) is 21.3. The molecule has 10 heteroatoms. The quantitative estimate of drug-likeness (QED) is 0.775.